The Balaban J connectivity index is 0.00000196. The molecule has 1 aliphatic rings. The summed E-state index contributed by atoms with van der Waals surface area (Å²) in [5.74, 6) is -1.80. The zero-order valence-electron chi connectivity index (χ0n) is 14.9. The lowest BCUT2D eigenvalue weighted by atomic mass is 9.90. The van der Waals surface area contributed by atoms with Crippen molar-refractivity contribution in [3.8, 4) is 0 Å². The van der Waals surface area contributed by atoms with Gasteiger partial charge in [0.25, 0.3) is 0 Å². The van der Waals surface area contributed by atoms with Gasteiger partial charge in [0.1, 0.15) is 5.82 Å². The van der Waals surface area contributed by atoms with Gasteiger partial charge in [-0.25, -0.2) is 14.9 Å². The number of nitrogens with zero attached hydrogens (tertiary/aromatic N) is 2. The molecule has 1 saturated heterocycles. The van der Waals surface area contributed by atoms with Crippen LogP contribution in [0.1, 0.15) is 17.7 Å². The van der Waals surface area contributed by atoms with Crippen LogP contribution in [0.2, 0.25) is 0 Å². The number of aromatic nitrogens is 2. The summed E-state index contributed by atoms with van der Waals surface area (Å²) in [5, 5.41) is 15.2. The molecule has 1 aliphatic heterocycles. The number of carbonyl (C=O) groups is 1. The molecule has 4 N–H and O–H groups in total. The topological polar surface area (TPSA) is 99.2 Å². The van der Waals surface area contributed by atoms with Crippen molar-refractivity contribution in [3.63, 3.8) is 0 Å². The third kappa shape index (κ3) is 6.13. The quantitative estimate of drug-likeness (QED) is 0.320. The van der Waals surface area contributed by atoms with E-state index in [4.69, 9.17) is 5.21 Å². The summed E-state index contributed by atoms with van der Waals surface area (Å²) in [4.78, 5) is 19.3. The van der Waals surface area contributed by atoms with E-state index in [1.54, 1.807) is 0 Å². The maximum atomic E-state index is 13.4. The first-order valence-electron chi connectivity index (χ1n) is 8.27. The Morgan fingerprint density at radius 3 is 2.57 bits per heavy atom. The first-order chi connectivity index (χ1) is 12.6. The van der Waals surface area contributed by atoms with Crippen LogP contribution in [0.15, 0.2) is 48.6 Å². The second-order valence-corrected chi connectivity index (χ2v) is 6.25. The molecule has 0 aliphatic carbocycles. The molecule has 1 amide bonds. The van der Waals surface area contributed by atoms with Crippen LogP contribution in [-0.4, -0.2) is 39.7 Å². The van der Waals surface area contributed by atoms with Crippen LogP contribution in [0.3, 0.4) is 0 Å². The highest BCUT2D eigenvalue weighted by atomic mass is 35.5. The van der Waals surface area contributed by atoms with Crippen molar-refractivity contribution in [2.75, 3.05) is 18.4 Å². The van der Waals surface area contributed by atoms with Gasteiger partial charge >= 0.3 is 5.91 Å². The van der Waals surface area contributed by atoms with Crippen LogP contribution >= 0.6 is 24.8 Å². The fourth-order valence-corrected chi connectivity index (χ4v) is 3.03. The maximum absolute atomic E-state index is 13.4. The van der Waals surface area contributed by atoms with Crippen LogP contribution in [-0.2, 0) is 11.2 Å². The van der Waals surface area contributed by atoms with Crippen LogP contribution in [0.5, 0.6) is 0 Å². The standard InChI is InChI=1S/C18H20FN5O2.2ClH/c19-15(17(25)24-26)8-14-10-22-16(11-21-14)23-18(6-7-20-12-18)9-13-4-2-1-3-5-13;;/h1-5,8,10-11,20,26H,6-7,9,12H2,(H,22,23)(H,24,25);2*1H/b15-8+;;/t18-;;/m0../s1. The Morgan fingerprint density at radius 2 is 2.00 bits per heavy atom. The molecular weight excluding hydrogens is 408 g/mol. The minimum Gasteiger partial charge on any atom is -0.362 e. The van der Waals surface area contributed by atoms with E-state index in [0.717, 1.165) is 32.0 Å². The van der Waals surface area contributed by atoms with Crippen molar-refractivity contribution in [1.29, 1.82) is 0 Å². The van der Waals surface area contributed by atoms with Gasteiger partial charge in [-0.1, -0.05) is 30.3 Å². The van der Waals surface area contributed by atoms with Gasteiger partial charge in [0, 0.05) is 12.6 Å². The molecule has 0 bridgehead atoms. The molecule has 3 rings (SSSR count). The molecule has 2 heterocycles. The number of rotatable bonds is 6. The molecule has 0 saturated carbocycles. The lowest BCUT2D eigenvalue weighted by Crippen LogP contribution is -2.43. The van der Waals surface area contributed by atoms with E-state index in [9.17, 15) is 9.18 Å². The average molecular weight is 430 g/mol. The molecule has 0 radical (unpaired) electrons. The van der Waals surface area contributed by atoms with Gasteiger partial charge in [-0.3, -0.25) is 15.0 Å². The molecule has 1 atom stereocenters. The summed E-state index contributed by atoms with van der Waals surface area (Å²) in [6, 6.07) is 10.2. The van der Waals surface area contributed by atoms with E-state index in [0.29, 0.717) is 5.82 Å². The van der Waals surface area contributed by atoms with Gasteiger partial charge in [-0.2, -0.15) is 0 Å². The Bertz CT molecular complexity index is 784. The van der Waals surface area contributed by atoms with Crippen molar-refractivity contribution >= 4 is 42.6 Å². The number of benzene rings is 1. The number of anilines is 1. The lowest BCUT2D eigenvalue weighted by Gasteiger charge is -2.30. The number of hydrogen-bond donors (Lipinski definition) is 4. The second-order valence-electron chi connectivity index (χ2n) is 6.25. The van der Waals surface area contributed by atoms with Crippen molar-refractivity contribution in [2.45, 2.75) is 18.4 Å². The summed E-state index contributed by atoms with van der Waals surface area (Å²) in [5.41, 5.74) is 2.46. The van der Waals surface area contributed by atoms with Gasteiger partial charge in [0.15, 0.2) is 5.83 Å². The van der Waals surface area contributed by atoms with Gasteiger partial charge in [0.05, 0.1) is 23.6 Å². The number of halogens is 3. The van der Waals surface area contributed by atoms with Crippen molar-refractivity contribution in [3.05, 3.63) is 59.8 Å². The number of nitrogens with one attached hydrogen (secondary N) is 3. The Kier molecular flexibility index (Phi) is 9.27. The third-order valence-corrected chi connectivity index (χ3v) is 4.29. The molecule has 152 valence electrons. The molecule has 7 nitrogen and oxygen atoms in total. The number of carbonyl (C=O) groups excluding carboxylic acids is 1. The van der Waals surface area contributed by atoms with E-state index in [2.05, 4.69) is 32.7 Å². The predicted molar refractivity (Wildman–Crippen MR) is 110 cm³/mol. The number of amides is 1. The molecule has 10 heteroatoms. The number of hydroxylamine groups is 1. The summed E-state index contributed by atoms with van der Waals surface area (Å²) in [6.45, 7) is 1.71. The van der Waals surface area contributed by atoms with Gasteiger partial charge in [-0.15, -0.1) is 24.8 Å². The van der Waals surface area contributed by atoms with Gasteiger partial charge in [0.2, 0.25) is 0 Å². The monoisotopic (exact) mass is 429 g/mol. The van der Waals surface area contributed by atoms with Gasteiger partial charge < -0.3 is 10.6 Å². The Labute approximate surface area is 174 Å². The summed E-state index contributed by atoms with van der Waals surface area (Å²) >= 11 is 0. The molecule has 0 spiro atoms. The number of hydrogen-bond acceptors (Lipinski definition) is 6. The van der Waals surface area contributed by atoms with E-state index >= 15 is 0 Å². The maximum Gasteiger partial charge on any atom is 0.303 e. The molecular formula is C18H22Cl2FN5O2. The zero-order chi connectivity index (χ0) is 18.4. The van der Waals surface area contributed by atoms with Gasteiger partial charge in [-0.05, 0) is 24.9 Å². The highest BCUT2D eigenvalue weighted by Crippen LogP contribution is 2.25. The molecule has 0 unspecified atom stereocenters. The lowest BCUT2D eigenvalue weighted by molar-refractivity contribution is -0.126. The van der Waals surface area contributed by atoms with Crippen LogP contribution in [0, 0.1) is 0 Å². The molecule has 1 fully saturated rings. The highest BCUT2D eigenvalue weighted by molar-refractivity contribution is 5.94. The zero-order valence-corrected chi connectivity index (χ0v) is 16.5. The fourth-order valence-electron chi connectivity index (χ4n) is 3.03. The smallest absolute Gasteiger partial charge is 0.303 e. The minimum atomic E-state index is -1.23. The highest BCUT2D eigenvalue weighted by Gasteiger charge is 2.34. The van der Waals surface area contributed by atoms with E-state index in [-0.39, 0.29) is 36.0 Å². The largest absolute Gasteiger partial charge is 0.362 e. The molecule has 1 aromatic heterocycles. The molecule has 28 heavy (non-hydrogen) atoms. The third-order valence-electron chi connectivity index (χ3n) is 4.29. The first-order valence-corrected chi connectivity index (χ1v) is 8.27. The average Bonchev–Trinajstić information content (AvgIpc) is 3.11. The van der Waals surface area contributed by atoms with Crippen LogP contribution < -0.4 is 16.1 Å². The van der Waals surface area contributed by atoms with E-state index in [1.807, 2.05) is 18.2 Å². The van der Waals surface area contributed by atoms with E-state index < -0.39 is 11.7 Å². The first kappa shape index (κ1) is 23.8. The summed E-state index contributed by atoms with van der Waals surface area (Å²) in [7, 11) is 0. The fraction of sp³-hybridized carbons (Fsp3) is 0.278. The van der Waals surface area contributed by atoms with E-state index in [1.165, 1.54) is 23.4 Å². The Morgan fingerprint density at radius 1 is 1.25 bits per heavy atom. The molecule has 1 aromatic carbocycles. The van der Waals surface area contributed by atoms with Crippen LogP contribution in [0.4, 0.5) is 10.2 Å². The predicted octanol–water partition coefficient (Wildman–Crippen LogP) is 2.52. The molecule has 2 aromatic rings. The van der Waals surface area contributed by atoms with Crippen LogP contribution in [0.25, 0.3) is 6.08 Å². The second kappa shape index (κ2) is 10.9. The normalized spacial score (nSPS) is 18.6. The Hall–Kier alpha value is -2.26. The SMILES string of the molecule is Cl.Cl.O=C(NO)/C(F)=C\c1cnc(N[C@]2(Cc3ccccc3)CCNC2)cn1. The van der Waals surface area contributed by atoms with Crippen molar-refractivity contribution < 1.29 is 14.4 Å². The van der Waals surface area contributed by atoms with Crippen molar-refractivity contribution in [1.82, 2.24) is 20.8 Å². The summed E-state index contributed by atoms with van der Waals surface area (Å²) in [6.07, 6.45) is 5.55. The summed E-state index contributed by atoms with van der Waals surface area (Å²) < 4.78 is 13.4. The van der Waals surface area contributed by atoms with Crippen molar-refractivity contribution in [2.24, 2.45) is 0 Å². The minimum absolute atomic E-state index is 0.